The summed E-state index contributed by atoms with van der Waals surface area (Å²) >= 11 is 5.80. The Morgan fingerprint density at radius 2 is 2.17 bits per heavy atom. The molecule has 12 heavy (non-hydrogen) atoms. The Kier molecular flexibility index (Phi) is 3.18. The van der Waals surface area contributed by atoms with Crippen molar-refractivity contribution in [1.82, 2.24) is 0 Å². The summed E-state index contributed by atoms with van der Waals surface area (Å²) in [6, 6.07) is 5.76. The molecular formula is C10H11ClO. The number of benzene rings is 1. The Morgan fingerprint density at radius 3 is 2.75 bits per heavy atom. The Bertz CT molecular complexity index is 292. The third kappa shape index (κ3) is 2.28. The van der Waals surface area contributed by atoms with Gasteiger partial charge in [-0.15, -0.1) is 0 Å². The standard InChI is InChI=1S/C10H11ClO/c1-8-7-10(11)4-3-9(8)5-6-12-2/h3-7H,1-2H3. The normalized spacial score (nSPS) is 10.6. The molecule has 2 heteroatoms. The highest BCUT2D eigenvalue weighted by Gasteiger charge is 1.94. The van der Waals surface area contributed by atoms with E-state index in [1.165, 1.54) is 0 Å². The lowest BCUT2D eigenvalue weighted by Crippen LogP contribution is -1.79. The van der Waals surface area contributed by atoms with Crippen molar-refractivity contribution in [3.8, 4) is 0 Å². The van der Waals surface area contributed by atoms with Crippen LogP contribution >= 0.6 is 11.6 Å². The molecule has 1 aromatic rings. The van der Waals surface area contributed by atoms with Gasteiger partial charge in [0, 0.05) is 5.02 Å². The maximum absolute atomic E-state index is 5.80. The van der Waals surface area contributed by atoms with E-state index in [9.17, 15) is 0 Å². The summed E-state index contributed by atoms with van der Waals surface area (Å²) < 4.78 is 4.82. The lowest BCUT2D eigenvalue weighted by molar-refractivity contribution is 0.341. The fraction of sp³-hybridized carbons (Fsp3) is 0.200. The number of hydrogen-bond acceptors (Lipinski definition) is 1. The second kappa shape index (κ2) is 4.17. The van der Waals surface area contributed by atoms with Gasteiger partial charge in [0.05, 0.1) is 13.4 Å². The summed E-state index contributed by atoms with van der Waals surface area (Å²) in [4.78, 5) is 0. The van der Waals surface area contributed by atoms with Crippen LogP contribution in [0, 0.1) is 6.92 Å². The molecule has 0 amide bonds. The maximum atomic E-state index is 5.80. The van der Waals surface area contributed by atoms with Gasteiger partial charge in [-0.25, -0.2) is 0 Å². The molecule has 64 valence electrons. The molecule has 1 aromatic carbocycles. The lowest BCUT2D eigenvalue weighted by atomic mass is 10.1. The summed E-state index contributed by atoms with van der Waals surface area (Å²) in [6.07, 6.45) is 3.56. The van der Waals surface area contributed by atoms with Crippen LogP contribution in [0.1, 0.15) is 11.1 Å². The number of methoxy groups -OCH3 is 1. The van der Waals surface area contributed by atoms with Crippen LogP contribution in [0.4, 0.5) is 0 Å². The predicted octanol–water partition coefficient (Wildman–Crippen LogP) is 3.27. The minimum absolute atomic E-state index is 0.766. The summed E-state index contributed by atoms with van der Waals surface area (Å²) in [7, 11) is 1.63. The third-order valence-corrected chi connectivity index (χ3v) is 1.85. The molecule has 0 aliphatic carbocycles. The first kappa shape index (κ1) is 9.14. The lowest BCUT2D eigenvalue weighted by Gasteiger charge is -1.99. The molecule has 0 fully saturated rings. The largest absolute Gasteiger partial charge is 0.504 e. The quantitative estimate of drug-likeness (QED) is 0.638. The molecule has 0 atom stereocenters. The fourth-order valence-electron chi connectivity index (χ4n) is 0.967. The first-order valence-corrected chi connectivity index (χ1v) is 4.07. The van der Waals surface area contributed by atoms with Crippen LogP contribution in [0.2, 0.25) is 5.02 Å². The van der Waals surface area contributed by atoms with Crippen molar-refractivity contribution < 1.29 is 4.74 Å². The van der Waals surface area contributed by atoms with Crippen LogP contribution in [0.25, 0.3) is 6.08 Å². The van der Waals surface area contributed by atoms with Crippen LogP contribution in [0.15, 0.2) is 24.5 Å². The zero-order valence-electron chi connectivity index (χ0n) is 7.17. The fourth-order valence-corrected chi connectivity index (χ4v) is 1.19. The van der Waals surface area contributed by atoms with Crippen molar-refractivity contribution in [3.05, 3.63) is 40.6 Å². The minimum Gasteiger partial charge on any atom is -0.504 e. The van der Waals surface area contributed by atoms with Crippen molar-refractivity contribution in [3.63, 3.8) is 0 Å². The number of aryl methyl sites for hydroxylation is 1. The van der Waals surface area contributed by atoms with Crippen molar-refractivity contribution in [1.29, 1.82) is 0 Å². The molecule has 1 rings (SSSR count). The minimum atomic E-state index is 0.766. The van der Waals surface area contributed by atoms with Crippen LogP contribution in [0.5, 0.6) is 0 Å². The molecule has 0 bridgehead atoms. The molecule has 0 saturated heterocycles. The second-order valence-corrected chi connectivity index (χ2v) is 2.98. The number of halogens is 1. The van der Waals surface area contributed by atoms with Gasteiger partial charge >= 0.3 is 0 Å². The Labute approximate surface area is 77.6 Å². The smallest absolute Gasteiger partial charge is 0.0830 e. The van der Waals surface area contributed by atoms with Crippen molar-refractivity contribution in [2.24, 2.45) is 0 Å². The van der Waals surface area contributed by atoms with Crippen molar-refractivity contribution in [2.45, 2.75) is 6.92 Å². The average Bonchev–Trinajstić information content (AvgIpc) is 2.03. The van der Waals surface area contributed by atoms with Gasteiger partial charge in [0.2, 0.25) is 0 Å². The molecule has 0 radical (unpaired) electrons. The number of rotatable bonds is 2. The van der Waals surface area contributed by atoms with Crippen LogP contribution in [-0.4, -0.2) is 7.11 Å². The molecule has 0 unspecified atom stereocenters. The molecule has 0 saturated carbocycles. The van der Waals surface area contributed by atoms with Crippen molar-refractivity contribution >= 4 is 17.7 Å². The second-order valence-electron chi connectivity index (χ2n) is 2.54. The van der Waals surface area contributed by atoms with Gasteiger partial charge in [-0.05, 0) is 36.3 Å². The molecule has 0 aliphatic rings. The zero-order valence-corrected chi connectivity index (χ0v) is 7.93. The average molecular weight is 183 g/mol. The van der Waals surface area contributed by atoms with E-state index < -0.39 is 0 Å². The predicted molar refractivity (Wildman–Crippen MR) is 52.2 cm³/mol. The van der Waals surface area contributed by atoms with Gasteiger partial charge in [0.25, 0.3) is 0 Å². The Morgan fingerprint density at radius 1 is 1.42 bits per heavy atom. The molecule has 0 heterocycles. The van der Waals surface area contributed by atoms with E-state index in [1.54, 1.807) is 13.4 Å². The van der Waals surface area contributed by atoms with E-state index in [2.05, 4.69) is 0 Å². The number of ether oxygens (including phenoxy) is 1. The van der Waals surface area contributed by atoms with Gasteiger partial charge in [-0.2, -0.15) is 0 Å². The van der Waals surface area contributed by atoms with Gasteiger partial charge in [-0.1, -0.05) is 17.7 Å². The van der Waals surface area contributed by atoms with Crippen LogP contribution in [0.3, 0.4) is 0 Å². The highest BCUT2D eigenvalue weighted by molar-refractivity contribution is 6.30. The molecule has 0 aromatic heterocycles. The highest BCUT2D eigenvalue weighted by Crippen LogP contribution is 2.16. The topological polar surface area (TPSA) is 9.23 Å². The van der Waals surface area contributed by atoms with E-state index in [4.69, 9.17) is 16.3 Å². The summed E-state index contributed by atoms with van der Waals surface area (Å²) in [5.74, 6) is 0. The van der Waals surface area contributed by atoms with Gasteiger partial charge < -0.3 is 4.74 Å². The van der Waals surface area contributed by atoms with Crippen LogP contribution in [-0.2, 0) is 4.74 Å². The van der Waals surface area contributed by atoms with E-state index >= 15 is 0 Å². The van der Waals surface area contributed by atoms with Gasteiger partial charge in [0.1, 0.15) is 0 Å². The summed E-state index contributed by atoms with van der Waals surface area (Å²) in [5.41, 5.74) is 2.28. The van der Waals surface area contributed by atoms with E-state index in [0.29, 0.717) is 0 Å². The Hall–Kier alpha value is -0.950. The van der Waals surface area contributed by atoms with E-state index in [-0.39, 0.29) is 0 Å². The Balaban J connectivity index is 2.94. The van der Waals surface area contributed by atoms with Gasteiger partial charge in [-0.3, -0.25) is 0 Å². The van der Waals surface area contributed by atoms with E-state index in [0.717, 1.165) is 16.1 Å². The summed E-state index contributed by atoms with van der Waals surface area (Å²) in [6.45, 7) is 2.02. The third-order valence-electron chi connectivity index (χ3n) is 1.62. The first-order valence-electron chi connectivity index (χ1n) is 3.69. The maximum Gasteiger partial charge on any atom is 0.0830 e. The monoisotopic (exact) mass is 182 g/mol. The molecule has 1 nitrogen and oxygen atoms in total. The molecule has 0 spiro atoms. The first-order chi connectivity index (χ1) is 5.74. The van der Waals surface area contributed by atoms with E-state index in [1.807, 2.05) is 31.2 Å². The SMILES string of the molecule is COC=Cc1ccc(Cl)cc1C. The summed E-state index contributed by atoms with van der Waals surface area (Å²) in [5, 5.41) is 0.766. The van der Waals surface area contributed by atoms with Crippen LogP contribution < -0.4 is 0 Å². The highest BCUT2D eigenvalue weighted by atomic mass is 35.5. The molecule has 0 N–H and O–H groups in total. The van der Waals surface area contributed by atoms with Crippen molar-refractivity contribution in [2.75, 3.05) is 7.11 Å². The molecular weight excluding hydrogens is 172 g/mol. The zero-order chi connectivity index (χ0) is 8.97. The molecule has 0 aliphatic heterocycles. The van der Waals surface area contributed by atoms with Gasteiger partial charge in [0.15, 0.2) is 0 Å². The number of hydrogen-bond donors (Lipinski definition) is 0.